The highest BCUT2D eigenvalue weighted by Crippen LogP contribution is 2.20. The maximum atomic E-state index is 12.5. The van der Waals surface area contributed by atoms with Crippen LogP contribution >= 0.6 is 0 Å². The molecule has 0 saturated carbocycles. The number of hydrogen-bond donors (Lipinski definition) is 0. The molecule has 0 unspecified atom stereocenters. The number of rotatable bonds is 2. The van der Waals surface area contributed by atoms with E-state index in [0.717, 1.165) is 71.0 Å². The van der Waals surface area contributed by atoms with Gasteiger partial charge in [-0.3, -0.25) is 14.7 Å². The van der Waals surface area contributed by atoms with Gasteiger partial charge in [-0.2, -0.15) is 0 Å². The zero-order valence-electron chi connectivity index (χ0n) is 14.4. The Hall–Kier alpha value is -1.73. The van der Waals surface area contributed by atoms with Crippen molar-refractivity contribution >= 4 is 11.7 Å². The first-order chi connectivity index (χ1) is 11.7. The molecule has 0 radical (unpaired) electrons. The van der Waals surface area contributed by atoms with Crippen LogP contribution in [0.15, 0.2) is 12.4 Å². The van der Waals surface area contributed by atoms with Gasteiger partial charge >= 0.3 is 0 Å². The Labute approximate surface area is 143 Å². The second-order valence-corrected chi connectivity index (χ2v) is 7.16. The zero-order valence-corrected chi connectivity index (χ0v) is 14.4. The number of carbonyl (C=O) groups excluding carboxylic acids is 1. The molecule has 1 atom stereocenters. The first-order valence-electron chi connectivity index (χ1n) is 8.99. The van der Waals surface area contributed by atoms with E-state index in [1.807, 2.05) is 4.90 Å². The van der Waals surface area contributed by atoms with Crippen molar-refractivity contribution in [2.45, 2.75) is 18.9 Å². The van der Waals surface area contributed by atoms with Crippen molar-refractivity contribution in [3.8, 4) is 0 Å². The molecule has 0 N–H and O–H groups in total. The van der Waals surface area contributed by atoms with Crippen molar-refractivity contribution in [1.29, 1.82) is 0 Å². The topological polar surface area (TPSA) is 55.8 Å². The summed E-state index contributed by atoms with van der Waals surface area (Å²) in [5, 5.41) is 0. The van der Waals surface area contributed by atoms with Crippen LogP contribution in [-0.4, -0.2) is 96.0 Å². The standard InChI is InChI=1S/C17H26N6O/c1-20-6-7-21-8-9-23(13-14(21)12-20)16-11-18-10-15(19-16)17(24)22-4-2-3-5-22/h10-11,14H,2-9,12-13H2,1H3/t14-/m1/s1. The van der Waals surface area contributed by atoms with Gasteiger partial charge in [-0.1, -0.05) is 0 Å². The molecule has 7 nitrogen and oxygen atoms in total. The number of nitrogens with zero attached hydrogens (tertiary/aromatic N) is 6. The summed E-state index contributed by atoms with van der Waals surface area (Å²) in [5.74, 6) is 0.866. The summed E-state index contributed by atoms with van der Waals surface area (Å²) in [6.45, 7) is 8.05. The minimum Gasteiger partial charge on any atom is -0.352 e. The van der Waals surface area contributed by atoms with Crippen LogP contribution < -0.4 is 4.90 Å². The van der Waals surface area contributed by atoms with Crippen LogP contribution in [0.2, 0.25) is 0 Å². The lowest BCUT2D eigenvalue weighted by molar-refractivity contribution is 0.0783. The molecule has 0 aromatic carbocycles. The van der Waals surface area contributed by atoms with E-state index in [9.17, 15) is 4.79 Å². The lowest BCUT2D eigenvalue weighted by Crippen LogP contribution is -2.61. The van der Waals surface area contributed by atoms with Crippen LogP contribution in [0.1, 0.15) is 23.3 Å². The average molecular weight is 330 g/mol. The van der Waals surface area contributed by atoms with Gasteiger partial charge in [-0.25, -0.2) is 4.98 Å². The van der Waals surface area contributed by atoms with Gasteiger partial charge in [0, 0.05) is 58.4 Å². The van der Waals surface area contributed by atoms with E-state index < -0.39 is 0 Å². The average Bonchev–Trinajstić information content (AvgIpc) is 3.15. The van der Waals surface area contributed by atoms with Crippen LogP contribution in [0.3, 0.4) is 0 Å². The van der Waals surface area contributed by atoms with E-state index in [-0.39, 0.29) is 5.91 Å². The molecule has 130 valence electrons. The van der Waals surface area contributed by atoms with Gasteiger partial charge in [0.2, 0.25) is 0 Å². The smallest absolute Gasteiger partial charge is 0.274 e. The minimum absolute atomic E-state index is 0.0258. The molecule has 0 aliphatic carbocycles. The van der Waals surface area contributed by atoms with E-state index in [4.69, 9.17) is 0 Å². The molecule has 3 aliphatic heterocycles. The fourth-order valence-electron chi connectivity index (χ4n) is 4.01. The Kier molecular flexibility index (Phi) is 4.37. The number of fused-ring (bicyclic) bond motifs is 1. The number of aromatic nitrogens is 2. The Balaban J connectivity index is 1.48. The molecule has 24 heavy (non-hydrogen) atoms. The lowest BCUT2D eigenvalue weighted by Gasteiger charge is -2.46. The van der Waals surface area contributed by atoms with E-state index in [1.165, 1.54) is 0 Å². The Morgan fingerprint density at radius 3 is 2.67 bits per heavy atom. The van der Waals surface area contributed by atoms with Gasteiger partial charge in [-0.15, -0.1) is 0 Å². The highest BCUT2D eigenvalue weighted by Gasteiger charge is 2.31. The van der Waals surface area contributed by atoms with E-state index in [2.05, 4.69) is 31.7 Å². The Morgan fingerprint density at radius 1 is 1.04 bits per heavy atom. The maximum absolute atomic E-state index is 12.5. The number of likely N-dealkylation sites (tertiary alicyclic amines) is 1. The van der Waals surface area contributed by atoms with Gasteiger partial charge in [0.25, 0.3) is 5.91 Å². The Bertz CT molecular complexity index is 602. The number of hydrogen-bond acceptors (Lipinski definition) is 6. The first-order valence-corrected chi connectivity index (χ1v) is 8.99. The van der Waals surface area contributed by atoms with Crippen LogP contribution in [0.25, 0.3) is 0 Å². The summed E-state index contributed by atoms with van der Waals surface area (Å²) in [6.07, 6.45) is 5.59. The SMILES string of the molecule is CN1CCN2CCN(c3cncc(C(=O)N4CCCC4)n3)C[C@H]2C1. The molecule has 0 spiro atoms. The summed E-state index contributed by atoms with van der Waals surface area (Å²) in [4.78, 5) is 30.6. The van der Waals surface area contributed by atoms with E-state index >= 15 is 0 Å². The molecular weight excluding hydrogens is 304 g/mol. The van der Waals surface area contributed by atoms with Gasteiger partial charge in [0.05, 0.1) is 12.4 Å². The van der Waals surface area contributed by atoms with Crippen molar-refractivity contribution in [1.82, 2.24) is 24.7 Å². The van der Waals surface area contributed by atoms with E-state index in [1.54, 1.807) is 12.4 Å². The monoisotopic (exact) mass is 330 g/mol. The molecule has 4 rings (SSSR count). The summed E-state index contributed by atoms with van der Waals surface area (Å²) < 4.78 is 0. The molecule has 4 heterocycles. The van der Waals surface area contributed by atoms with Gasteiger partial charge in [0.1, 0.15) is 11.5 Å². The van der Waals surface area contributed by atoms with Crippen molar-refractivity contribution in [2.24, 2.45) is 0 Å². The van der Waals surface area contributed by atoms with Crippen LogP contribution in [0.5, 0.6) is 0 Å². The first kappa shape index (κ1) is 15.8. The number of carbonyl (C=O) groups is 1. The summed E-state index contributed by atoms with van der Waals surface area (Å²) in [5.41, 5.74) is 0.484. The molecule has 7 heteroatoms. The maximum Gasteiger partial charge on any atom is 0.274 e. The van der Waals surface area contributed by atoms with Crippen molar-refractivity contribution < 1.29 is 4.79 Å². The molecule has 1 aromatic rings. The summed E-state index contributed by atoms with van der Waals surface area (Å²) in [7, 11) is 2.19. The van der Waals surface area contributed by atoms with Crippen molar-refractivity contribution in [3.05, 3.63) is 18.1 Å². The molecular formula is C17H26N6O. The molecule has 3 aliphatic rings. The van der Waals surface area contributed by atoms with Gasteiger partial charge in [-0.05, 0) is 19.9 Å². The number of piperazine rings is 2. The minimum atomic E-state index is 0.0258. The molecule has 3 saturated heterocycles. The van der Waals surface area contributed by atoms with Crippen LogP contribution in [0.4, 0.5) is 5.82 Å². The third-order valence-corrected chi connectivity index (χ3v) is 5.45. The number of anilines is 1. The molecule has 1 aromatic heterocycles. The highest BCUT2D eigenvalue weighted by atomic mass is 16.2. The molecule has 0 bridgehead atoms. The largest absolute Gasteiger partial charge is 0.352 e. The van der Waals surface area contributed by atoms with Gasteiger partial charge in [0.15, 0.2) is 0 Å². The molecule has 1 amide bonds. The van der Waals surface area contributed by atoms with Gasteiger partial charge < -0.3 is 14.7 Å². The van der Waals surface area contributed by atoms with Crippen LogP contribution in [-0.2, 0) is 0 Å². The third kappa shape index (κ3) is 3.10. The second-order valence-electron chi connectivity index (χ2n) is 7.16. The fraction of sp³-hybridized carbons (Fsp3) is 0.706. The van der Waals surface area contributed by atoms with Crippen molar-refractivity contribution in [2.75, 3.05) is 64.3 Å². The summed E-state index contributed by atoms with van der Waals surface area (Å²) in [6, 6.07) is 0.539. The third-order valence-electron chi connectivity index (χ3n) is 5.45. The number of amides is 1. The quantitative estimate of drug-likeness (QED) is 0.769. The second kappa shape index (κ2) is 6.64. The van der Waals surface area contributed by atoms with Crippen molar-refractivity contribution in [3.63, 3.8) is 0 Å². The zero-order chi connectivity index (χ0) is 16.5. The predicted molar refractivity (Wildman–Crippen MR) is 92.2 cm³/mol. The lowest BCUT2D eigenvalue weighted by atomic mass is 10.1. The highest BCUT2D eigenvalue weighted by molar-refractivity contribution is 5.92. The van der Waals surface area contributed by atoms with E-state index in [0.29, 0.717) is 11.7 Å². The predicted octanol–water partition coefficient (Wildman–Crippen LogP) is 0.149. The van der Waals surface area contributed by atoms with Crippen LogP contribution in [0, 0.1) is 0 Å². The summed E-state index contributed by atoms with van der Waals surface area (Å²) >= 11 is 0. The normalized spacial score (nSPS) is 25.8. The fourth-order valence-corrected chi connectivity index (χ4v) is 4.01. The number of likely N-dealkylation sites (N-methyl/N-ethyl adjacent to an activating group) is 1. The Morgan fingerprint density at radius 2 is 1.83 bits per heavy atom. The molecule has 3 fully saturated rings.